The normalized spacial score (nSPS) is 15.0. The van der Waals surface area contributed by atoms with Crippen LogP contribution in [0.25, 0.3) is 0 Å². The van der Waals surface area contributed by atoms with Crippen molar-refractivity contribution in [2.45, 2.75) is 6.36 Å². The molecule has 0 unspecified atom stereocenters. The molecular formula is C17H17F3N6O2. The molecule has 3 rings (SSSR count). The number of alkyl halides is 3. The summed E-state index contributed by atoms with van der Waals surface area (Å²) in [6.45, 7) is 2.77. The Hall–Kier alpha value is -3.37. The first-order valence-corrected chi connectivity index (χ1v) is 8.35. The highest BCUT2D eigenvalue weighted by Gasteiger charge is 2.31. The zero-order valence-corrected chi connectivity index (χ0v) is 14.6. The van der Waals surface area contributed by atoms with E-state index in [4.69, 9.17) is 0 Å². The minimum atomic E-state index is -4.79. The largest absolute Gasteiger partial charge is 0.574 e. The minimum Gasteiger partial charge on any atom is -0.388 e. The molecule has 0 amide bonds. The highest BCUT2D eigenvalue weighted by Crippen LogP contribution is 2.26. The topological polar surface area (TPSA) is 83.5 Å². The number of carbonyl (C=O) groups excluding carboxylic acids is 1. The highest BCUT2D eigenvalue weighted by atomic mass is 19.4. The third-order valence-electron chi connectivity index (χ3n) is 3.89. The van der Waals surface area contributed by atoms with E-state index in [1.807, 2.05) is 9.80 Å². The third-order valence-corrected chi connectivity index (χ3v) is 3.89. The number of anilines is 3. The molecule has 0 radical (unpaired) electrons. The van der Waals surface area contributed by atoms with Gasteiger partial charge in [0.2, 0.25) is 5.88 Å². The number of nitrogens with one attached hydrogen (secondary N) is 1. The van der Waals surface area contributed by atoms with E-state index >= 15 is 0 Å². The second-order valence-corrected chi connectivity index (χ2v) is 5.79. The van der Waals surface area contributed by atoms with E-state index in [2.05, 4.69) is 25.0 Å². The molecular weight excluding hydrogens is 377 g/mol. The average molecular weight is 394 g/mol. The van der Waals surface area contributed by atoms with Gasteiger partial charge in [0, 0.05) is 50.8 Å². The zero-order valence-electron chi connectivity index (χ0n) is 14.6. The maximum atomic E-state index is 12.2. The molecule has 2 aromatic rings. The number of hydrogen-bond donors (Lipinski definition) is 1. The first kappa shape index (κ1) is 19.4. The molecule has 0 saturated carbocycles. The van der Waals surface area contributed by atoms with Crippen molar-refractivity contribution in [3.8, 4) is 5.88 Å². The summed E-state index contributed by atoms with van der Waals surface area (Å²) in [5, 5.41) is 3.02. The molecule has 1 fully saturated rings. The van der Waals surface area contributed by atoms with E-state index in [1.54, 1.807) is 12.4 Å². The molecule has 1 N–H and O–H groups in total. The highest BCUT2D eigenvalue weighted by molar-refractivity contribution is 5.68. The summed E-state index contributed by atoms with van der Waals surface area (Å²) in [4.78, 5) is 26.8. The third kappa shape index (κ3) is 5.32. The van der Waals surface area contributed by atoms with Gasteiger partial charge in [-0.2, -0.15) is 0 Å². The van der Waals surface area contributed by atoms with Crippen LogP contribution in [-0.2, 0) is 4.79 Å². The van der Waals surface area contributed by atoms with Gasteiger partial charge in [0.05, 0.1) is 11.9 Å². The molecule has 0 aliphatic carbocycles. The second-order valence-electron chi connectivity index (χ2n) is 5.79. The predicted octanol–water partition coefficient (Wildman–Crippen LogP) is 2.35. The summed E-state index contributed by atoms with van der Waals surface area (Å²) in [6, 6.07) is 2.53. The summed E-state index contributed by atoms with van der Waals surface area (Å²) < 4.78 is 40.4. The number of halogens is 3. The van der Waals surface area contributed by atoms with Crippen LogP contribution >= 0.6 is 0 Å². The Morgan fingerprint density at radius 2 is 1.82 bits per heavy atom. The number of allylic oxidation sites excluding steroid dienone is 1. The van der Waals surface area contributed by atoms with Crippen molar-refractivity contribution in [1.82, 2.24) is 19.9 Å². The lowest BCUT2D eigenvalue weighted by Crippen LogP contribution is -2.44. The fourth-order valence-corrected chi connectivity index (χ4v) is 2.66. The standard InChI is InChI=1S/C17H17F3N6O2/c18-17(19,20)28-14-3-2-13(12-23-14)24-15-16(22-5-4-21-15)26-9-7-25(8-10-26)6-1-11-27/h1-6,11-12H,7-10H2,(H,21,24). The Morgan fingerprint density at radius 1 is 1.07 bits per heavy atom. The number of rotatable bonds is 6. The summed E-state index contributed by atoms with van der Waals surface area (Å²) in [5.74, 6) is 0.541. The van der Waals surface area contributed by atoms with E-state index in [0.29, 0.717) is 43.5 Å². The van der Waals surface area contributed by atoms with Gasteiger partial charge in [-0.3, -0.25) is 4.79 Å². The number of pyridine rings is 1. The lowest BCUT2D eigenvalue weighted by molar-refractivity contribution is -0.276. The van der Waals surface area contributed by atoms with Crippen LogP contribution in [0.3, 0.4) is 0 Å². The summed E-state index contributed by atoms with van der Waals surface area (Å²) in [7, 11) is 0. The number of carbonyl (C=O) groups is 1. The van der Waals surface area contributed by atoms with Crippen molar-refractivity contribution in [3.05, 3.63) is 43.0 Å². The van der Waals surface area contributed by atoms with Gasteiger partial charge in [0.15, 0.2) is 11.6 Å². The van der Waals surface area contributed by atoms with Crippen LogP contribution in [0.5, 0.6) is 5.88 Å². The van der Waals surface area contributed by atoms with Crippen LogP contribution in [0.15, 0.2) is 43.0 Å². The number of ether oxygens (including phenoxy) is 1. The molecule has 11 heteroatoms. The van der Waals surface area contributed by atoms with Crippen molar-refractivity contribution in [2.75, 3.05) is 36.4 Å². The molecule has 1 saturated heterocycles. The number of piperazine rings is 1. The number of aromatic nitrogens is 3. The number of hydrogen-bond acceptors (Lipinski definition) is 8. The van der Waals surface area contributed by atoms with Crippen LogP contribution in [0.4, 0.5) is 30.5 Å². The Balaban J connectivity index is 1.68. The minimum absolute atomic E-state index is 0.448. The van der Waals surface area contributed by atoms with Crippen molar-refractivity contribution < 1.29 is 22.7 Å². The molecule has 28 heavy (non-hydrogen) atoms. The van der Waals surface area contributed by atoms with Gasteiger partial charge in [-0.1, -0.05) is 0 Å². The Bertz CT molecular complexity index is 820. The van der Waals surface area contributed by atoms with Gasteiger partial charge in [-0.15, -0.1) is 13.2 Å². The first-order valence-electron chi connectivity index (χ1n) is 8.35. The Labute approximate surface area is 158 Å². The fraction of sp³-hybridized carbons (Fsp3) is 0.294. The number of aldehydes is 1. The van der Waals surface area contributed by atoms with Gasteiger partial charge in [0.1, 0.15) is 6.29 Å². The van der Waals surface area contributed by atoms with E-state index < -0.39 is 12.2 Å². The van der Waals surface area contributed by atoms with Crippen LogP contribution in [0.2, 0.25) is 0 Å². The second kappa shape index (κ2) is 8.55. The molecule has 0 aromatic carbocycles. The lowest BCUT2D eigenvalue weighted by Gasteiger charge is -2.35. The lowest BCUT2D eigenvalue weighted by atomic mass is 10.3. The van der Waals surface area contributed by atoms with Crippen LogP contribution < -0.4 is 15.0 Å². The van der Waals surface area contributed by atoms with Crippen molar-refractivity contribution in [2.24, 2.45) is 0 Å². The average Bonchev–Trinajstić information content (AvgIpc) is 2.68. The zero-order chi connectivity index (χ0) is 20.0. The molecule has 3 heterocycles. The molecule has 2 aromatic heterocycles. The van der Waals surface area contributed by atoms with Gasteiger partial charge in [-0.05, 0) is 12.1 Å². The van der Waals surface area contributed by atoms with Crippen LogP contribution in [0.1, 0.15) is 0 Å². The molecule has 0 spiro atoms. The van der Waals surface area contributed by atoms with Gasteiger partial charge >= 0.3 is 6.36 Å². The monoisotopic (exact) mass is 394 g/mol. The maximum absolute atomic E-state index is 12.2. The Kier molecular flexibility index (Phi) is 5.92. The summed E-state index contributed by atoms with van der Waals surface area (Å²) in [6.07, 6.45) is 3.45. The predicted molar refractivity (Wildman–Crippen MR) is 95.2 cm³/mol. The van der Waals surface area contributed by atoms with Crippen LogP contribution in [0, 0.1) is 0 Å². The van der Waals surface area contributed by atoms with E-state index in [-0.39, 0.29) is 0 Å². The van der Waals surface area contributed by atoms with Crippen molar-refractivity contribution >= 4 is 23.6 Å². The quantitative estimate of drug-likeness (QED) is 0.591. The maximum Gasteiger partial charge on any atom is 0.574 e. The molecule has 1 aliphatic heterocycles. The molecule has 1 aliphatic rings. The fourth-order valence-electron chi connectivity index (χ4n) is 2.66. The van der Waals surface area contributed by atoms with Crippen LogP contribution in [-0.4, -0.2) is 58.7 Å². The van der Waals surface area contributed by atoms with E-state index in [9.17, 15) is 18.0 Å². The number of nitrogens with zero attached hydrogens (tertiary/aromatic N) is 5. The Morgan fingerprint density at radius 3 is 2.46 bits per heavy atom. The van der Waals surface area contributed by atoms with E-state index in [0.717, 1.165) is 12.4 Å². The molecule has 0 atom stereocenters. The van der Waals surface area contributed by atoms with E-state index in [1.165, 1.54) is 24.5 Å². The van der Waals surface area contributed by atoms with Gasteiger partial charge in [-0.25, -0.2) is 15.0 Å². The van der Waals surface area contributed by atoms with Gasteiger partial charge in [0.25, 0.3) is 0 Å². The SMILES string of the molecule is O=CC=CN1CCN(c2nccnc2Nc2ccc(OC(F)(F)F)nc2)CC1. The van der Waals surface area contributed by atoms with Crippen molar-refractivity contribution in [3.63, 3.8) is 0 Å². The molecule has 148 valence electrons. The molecule has 8 nitrogen and oxygen atoms in total. The van der Waals surface area contributed by atoms with Crippen molar-refractivity contribution in [1.29, 1.82) is 0 Å². The smallest absolute Gasteiger partial charge is 0.388 e. The van der Waals surface area contributed by atoms with Gasteiger partial charge < -0.3 is 19.9 Å². The summed E-state index contributed by atoms with van der Waals surface area (Å²) >= 11 is 0. The summed E-state index contributed by atoms with van der Waals surface area (Å²) in [5.41, 5.74) is 0.448. The first-order chi connectivity index (χ1) is 13.4. The molecule has 0 bridgehead atoms.